The van der Waals surface area contributed by atoms with Gasteiger partial charge in [-0.1, -0.05) is 31.4 Å². The Hall–Kier alpha value is -1.96. The highest BCUT2D eigenvalue weighted by Crippen LogP contribution is 2.37. The SMILES string of the molecule is CCOC(=O)c1c(NC(=S)Nc2ccc(CN3CCCCC3)cc2)sc2c1CCCCCC2. The molecule has 0 bridgehead atoms. The lowest BCUT2D eigenvalue weighted by atomic mass is 9.96. The smallest absolute Gasteiger partial charge is 0.341 e. The predicted molar refractivity (Wildman–Crippen MR) is 142 cm³/mol. The van der Waals surface area contributed by atoms with Crippen LogP contribution in [-0.4, -0.2) is 35.7 Å². The summed E-state index contributed by atoms with van der Waals surface area (Å²) >= 11 is 7.27. The number of ether oxygens (including phenoxy) is 1. The number of fused-ring (bicyclic) bond motifs is 1. The van der Waals surface area contributed by atoms with E-state index in [9.17, 15) is 4.79 Å². The van der Waals surface area contributed by atoms with Crippen LogP contribution in [0.5, 0.6) is 0 Å². The Morgan fingerprint density at radius 2 is 1.70 bits per heavy atom. The van der Waals surface area contributed by atoms with Gasteiger partial charge >= 0.3 is 5.97 Å². The van der Waals surface area contributed by atoms with E-state index in [0.717, 1.165) is 42.1 Å². The van der Waals surface area contributed by atoms with Gasteiger partial charge in [0.1, 0.15) is 5.00 Å². The van der Waals surface area contributed by atoms with Gasteiger partial charge in [0, 0.05) is 17.1 Å². The Kier molecular flexibility index (Phi) is 8.75. The zero-order valence-corrected chi connectivity index (χ0v) is 21.2. The van der Waals surface area contributed by atoms with Gasteiger partial charge in [-0.3, -0.25) is 4.90 Å². The number of thiophene rings is 1. The van der Waals surface area contributed by atoms with Crippen LogP contribution in [0.2, 0.25) is 0 Å². The molecule has 1 aliphatic heterocycles. The van der Waals surface area contributed by atoms with E-state index in [1.807, 2.05) is 6.92 Å². The molecule has 0 unspecified atom stereocenters. The van der Waals surface area contributed by atoms with E-state index in [4.69, 9.17) is 17.0 Å². The zero-order chi connectivity index (χ0) is 23.0. The number of thiocarbonyl (C=S) groups is 1. The third kappa shape index (κ3) is 6.55. The number of hydrogen-bond acceptors (Lipinski definition) is 5. The number of rotatable bonds is 6. The second kappa shape index (κ2) is 12.0. The van der Waals surface area contributed by atoms with Crippen molar-refractivity contribution < 1.29 is 9.53 Å². The largest absolute Gasteiger partial charge is 0.462 e. The lowest BCUT2D eigenvalue weighted by Crippen LogP contribution is -2.29. The van der Waals surface area contributed by atoms with Crippen LogP contribution in [0.15, 0.2) is 24.3 Å². The molecule has 2 aromatic rings. The highest BCUT2D eigenvalue weighted by atomic mass is 32.1. The normalized spacial score (nSPS) is 16.9. The van der Waals surface area contributed by atoms with E-state index >= 15 is 0 Å². The maximum atomic E-state index is 12.8. The first-order chi connectivity index (χ1) is 16.1. The highest BCUT2D eigenvalue weighted by Gasteiger charge is 2.25. The molecule has 5 nitrogen and oxygen atoms in total. The van der Waals surface area contributed by atoms with Gasteiger partial charge < -0.3 is 15.4 Å². The molecule has 178 valence electrons. The van der Waals surface area contributed by atoms with Gasteiger partial charge in [0.05, 0.1) is 12.2 Å². The molecule has 0 spiro atoms. The Bertz CT molecular complexity index is 949. The topological polar surface area (TPSA) is 53.6 Å². The van der Waals surface area contributed by atoms with Crippen molar-refractivity contribution >= 4 is 45.3 Å². The molecule has 2 aliphatic rings. The molecule has 0 radical (unpaired) electrons. The summed E-state index contributed by atoms with van der Waals surface area (Å²) in [7, 11) is 0. The molecule has 2 heterocycles. The van der Waals surface area contributed by atoms with Crippen LogP contribution in [0.1, 0.15) is 78.2 Å². The van der Waals surface area contributed by atoms with Gasteiger partial charge in [-0.05, 0) is 94.0 Å². The third-order valence-electron chi connectivity index (χ3n) is 6.44. The Morgan fingerprint density at radius 3 is 2.42 bits per heavy atom. The molecule has 0 atom stereocenters. The van der Waals surface area contributed by atoms with Crippen molar-refractivity contribution in [2.24, 2.45) is 0 Å². The van der Waals surface area contributed by atoms with Crippen LogP contribution in [0, 0.1) is 0 Å². The first-order valence-corrected chi connectivity index (χ1v) is 13.6. The van der Waals surface area contributed by atoms with Crippen molar-refractivity contribution in [1.29, 1.82) is 0 Å². The summed E-state index contributed by atoms with van der Waals surface area (Å²) in [5.41, 5.74) is 4.11. The van der Waals surface area contributed by atoms with Gasteiger partial charge in [0.15, 0.2) is 5.11 Å². The molecule has 1 aromatic carbocycles. The fraction of sp³-hybridized carbons (Fsp3) is 0.538. The third-order valence-corrected chi connectivity index (χ3v) is 7.86. The second-order valence-corrected chi connectivity index (χ2v) is 10.5. The molecule has 1 saturated heterocycles. The lowest BCUT2D eigenvalue weighted by Gasteiger charge is -2.26. The summed E-state index contributed by atoms with van der Waals surface area (Å²) in [6.07, 6.45) is 10.7. The number of nitrogens with one attached hydrogen (secondary N) is 2. The summed E-state index contributed by atoms with van der Waals surface area (Å²) in [5.74, 6) is -0.247. The van der Waals surface area contributed by atoms with Crippen molar-refractivity contribution in [2.75, 3.05) is 30.3 Å². The van der Waals surface area contributed by atoms with Gasteiger partial charge in [0.2, 0.25) is 0 Å². The van der Waals surface area contributed by atoms with E-state index in [2.05, 4.69) is 39.8 Å². The van der Waals surface area contributed by atoms with E-state index in [1.54, 1.807) is 11.3 Å². The minimum atomic E-state index is -0.247. The van der Waals surface area contributed by atoms with Crippen LogP contribution in [0.25, 0.3) is 0 Å². The van der Waals surface area contributed by atoms with Gasteiger partial charge in [0.25, 0.3) is 0 Å². The molecular weight excluding hydrogens is 450 g/mol. The Labute approximate surface area is 206 Å². The monoisotopic (exact) mass is 485 g/mol. The summed E-state index contributed by atoms with van der Waals surface area (Å²) < 4.78 is 5.40. The summed E-state index contributed by atoms with van der Waals surface area (Å²) in [6, 6.07) is 8.49. The maximum Gasteiger partial charge on any atom is 0.341 e. The maximum absolute atomic E-state index is 12.8. The lowest BCUT2D eigenvalue weighted by molar-refractivity contribution is 0.0526. The fourth-order valence-electron chi connectivity index (χ4n) is 4.76. The van der Waals surface area contributed by atoms with Gasteiger partial charge in [-0.2, -0.15) is 0 Å². The van der Waals surface area contributed by atoms with E-state index in [-0.39, 0.29) is 5.97 Å². The van der Waals surface area contributed by atoms with Crippen LogP contribution in [0.3, 0.4) is 0 Å². The Morgan fingerprint density at radius 1 is 1.00 bits per heavy atom. The van der Waals surface area contributed by atoms with Crippen molar-refractivity contribution in [1.82, 2.24) is 4.90 Å². The fourth-order valence-corrected chi connectivity index (χ4v) is 6.33. The first kappa shape index (κ1) is 24.2. The predicted octanol–water partition coefficient (Wildman–Crippen LogP) is 6.38. The second-order valence-electron chi connectivity index (χ2n) is 8.96. The number of carbonyl (C=O) groups is 1. The van der Waals surface area contributed by atoms with Crippen LogP contribution >= 0.6 is 23.6 Å². The molecule has 33 heavy (non-hydrogen) atoms. The molecule has 1 aromatic heterocycles. The molecule has 2 N–H and O–H groups in total. The van der Waals surface area contributed by atoms with Gasteiger partial charge in [-0.25, -0.2) is 4.79 Å². The molecular formula is C26H35N3O2S2. The Balaban J connectivity index is 1.43. The van der Waals surface area contributed by atoms with E-state index in [0.29, 0.717) is 17.3 Å². The minimum Gasteiger partial charge on any atom is -0.462 e. The minimum absolute atomic E-state index is 0.247. The number of piperidine rings is 1. The van der Waals surface area contributed by atoms with Crippen molar-refractivity contribution in [3.8, 4) is 0 Å². The highest BCUT2D eigenvalue weighted by molar-refractivity contribution is 7.80. The van der Waals surface area contributed by atoms with Crippen molar-refractivity contribution in [2.45, 2.75) is 71.3 Å². The molecule has 0 amide bonds. The summed E-state index contributed by atoms with van der Waals surface area (Å²) in [6.45, 7) is 5.62. The molecule has 7 heteroatoms. The quantitative estimate of drug-likeness (QED) is 0.366. The van der Waals surface area contributed by atoms with Crippen LogP contribution < -0.4 is 10.6 Å². The van der Waals surface area contributed by atoms with Crippen molar-refractivity contribution in [3.63, 3.8) is 0 Å². The number of esters is 1. The van der Waals surface area contributed by atoms with Crippen LogP contribution in [-0.2, 0) is 24.1 Å². The standard InChI is InChI=1S/C26H35N3O2S2/c1-2-31-25(30)23-21-10-6-3-4-7-11-22(21)33-24(23)28-26(32)27-20-14-12-19(13-15-20)18-29-16-8-5-9-17-29/h12-15H,2-11,16-18H2,1H3,(H2,27,28,32). The van der Waals surface area contributed by atoms with Crippen LogP contribution in [0.4, 0.5) is 10.7 Å². The summed E-state index contributed by atoms with van der Waals surface area (Å²) in [4.78, 5) is 16.6. The van der Waals surface area contributed by atoms with Gasteiger partial charge in [-0.15, -0.1) is 11.3 Å². The van der Waals surface area contributed by atoms with Crippen molar-refractivity contribution in [3.05, 3.63) is 45.8 Å². The number of nitrogens with zero attached hydrogens (tertiary/aromatic N) is 1. The first-order valence-electron chi connectivity index (χ1n) is 12.3. The number of likely N-dealkylation sites (tertiary alicyclic amines) is 1. The average Bonchev–Trinajstić information content (AvgIpc) is 3.11. The average molecular weight is 486 g/mol. The number of hydrogen-bond donors (Lipinski definition) is 2. The molecule has 1 aliphatic carbocycles. The molecule has 0 saturated carbocycles. The number of carbonyl (C=O) groups excluding carboxylic acids is 1. The summed E-state index contributed by atoms with van der Waals surface area (Å²) in [5, 5.41) is 7.90. The number of anilines is 2. The molecule has 1 fully saturated rings. The van der Waals surface area contributed by atoms with E-state index < -0.39 is 0 Å². The number of aryl methyl sites for hydroxylation is 1. The zero-order valence-electron chi connectivity index (χ0n) is 19.6. The van der Waals surface area contributed by atoms with E-state index in [1.165, 1.54) is 62.1 Å². The molecule has 4 rings (SSSR count). The number of benzene rings is 1.